The zero-order valence-corrected chi connectivity index (χ0v) is 10.2. The Balaban J connectivity index is 2.69. The Morgan fingerprint density at radius 2 is 1.94 bits per heavy atom. The number of nitrogens with one attached hydrogen (secondary N) is 1. The fourth-order valence-electron chi connectivity index (χ4n) is 1.48. The molecule has 0 aliphatic carbocycles. The average molecular weight is 256 g/mol. The van der Waals surface area contributed by atoms with Crippen molar-refractivity contribution < 1.29 is 19.4 Å². The molecule has 0 heterocycles. The quantitative estimate of drug-likeness (QED) is 0.734. The van der Waals surface area contributed by atoms with Gasteiger partial charge in [-0.1, -0.05) is 0 Å². The fourth-order valence-corrected chi connectivity index (χ4v) is 1.48. The van der Waals surface area contributed by atoms with E-state index in [1.54, 1.807) is 6.92 Å². The predicted molar refractivity (Wildman–Crippen MR) is 65.9 cm³/mol. The van der Waals surface area contributed by atoms with E-state index in [4.69, 9.17) is 10.2 Å². The van der Waals surface area contributed by atoms with Crippen molar-refractivity contribution in [2.24, 2.45) is 0 Å². The standard InChI is InChI=1S/C12H17FN2O3/c1-9-8-10(2-3-11(9)13)14-12(18)15(4-6-16)5-7-17/h2-3,8,16-17H,4-7H2,1H3,(H,14,18). The van der Waals surface area contributed by atoms with E-state index in [1.807, 2.05) is 0 Å². The Morgan fingerprint density at radius 1 is 1.33 bits per heavy atom. The summed E-state index contributed by atoms with van der Waals surface area (Å²) in [7, 11) is 0. The van der Waals surface area contributed by atoms with Gasteiger partial charge in [-0.15, -0.1) is 0 Å². The van der Waals surface area contributed by atoms with Crippen LogP contribution in [0.15, 0.2) is 18.2 Å². The molecule has 100 valence electrons. The van der Waals surface area contributed by atoms with Gasteiger partial charge in [-0.25, -0.2) is 9.18 Å². The number of amides is 2. The second-order valence-corrected chi connectivity index (χ2v) is 3.83. The monoisotopic (exact) mass is 256 g/mol. The van der Waals surface area contributed by atoms with Gasteiger partial charge in [0.05, 0.1) is 13.2 Å². The highest BCUT2D eigenvalue weighted by Gasteiger charge is 2.12. The van der Waals surface area contributed by atoms with Crippen molar-refractivity contribution in [2.75, 3.05) is 31.6 Å². The minimum Gasteiger partial charge on any atom is -0.395 e. The van der Waals surface area contributed by atoms with Gasteiger partial charge in [0.25, 0.3) is 0 Å². The zero-order valence-electron chi connectivity index (χ0n) is 10.2. The van der Waals surface area contributed by atoms with E-state index in [0.29, 0.717) is 11.3 Å². The molecule has 0 fully saturated rings. The van der Waals surface area contributed by atoms with Crippen molar-refractivity contribution >= 4 is 11.7 Å². The summed E-state index contributed by atoms with van der Waals surface area (Å²) in [5.74, 6) is -0.337. The molecule has 6 heteroatoms. The van der Waals surface area contributed by atoms with E-state index in [0.717, 1.165) is 0 Å². The number of hydrogen-bond acceptors (Lipinski definition) is 3. The van der Waals surface area contributed by atoms with Crippen LogP contribution in [0.4, 0.5) is 14.9 Å². The molecule has 1 aromatic carbocycles. The number of nitrogens with zero attached hydrogens (tertiary/aromatic N) is 1. The van der Waals surface area contributed by atoms with E-state index in [9.17, 15) is 9.18 Å². The lowest BCUT2D eigenvalue weighted by Gasteiger charge is -2.21. The third-order valence-electron chi connectivity index (χ3n) is 2.44. The van der Waals surface area contributed by atoms with Crippen molar-refractivity contribution in [1.82, 2.24) is 4.90 Å². The molecular weight excluding hydrogens is 239 g/mol. The van der Waals surface area contributed by atoms with E-state index in [2.05, 4.69) is 5.32 Å². The summed E-state index contributed by atoms with van der Waals surface area (Å²) >= 11 is 0. The van der Waals surface area contributed by atoms with Crippen molar-refractivity contribution in [2.45, 2.75) is 6.92 Å². The van der Waals surface area contributed by atoms with Gasteiger partial charge < -0.3 is 20.4 Å². The lowest BCUT2D eigenvalue weighted by molar-refractivity contribution is 0.167. The third kappa shape index (κ3) is 3.97. The van der Waals surface area contributed by atoms with Crippen LogP contribution in [0.3, 0.4) is 0 Å². The number of carbonyl (C=O) groups is 1. The molecule has 3 N–H and O–H groups in total. The molecule has 0 radical (unpaired) electrons. The van der Waals surface area contributed by atoms with Gasteiger partial charge in [0.2, 0.25) is 0 Å². The minimum atomic E-state index is -0.441. The molecular formula is C12H17FN2O3. The van der Waals surface area contributed by atoms with Gasteiger partial charge in [0.1, 0.15) is 5.82 Å². The average Bonchev–Trinajstić information content (AvgIpc) is 2.33. The number of rotatable bonds is 5. The highest BCUT2D eigenvalue weighted by Crippen LogP contribution is 2.14. The molecule has 0 aliphatic heterocycles. The first-order valence-corrected chi connectivity index (χ1v) is 5.62. The molecule has 1 rings (SSSR count). The number of urea groups is 1. The largest absolute Gasteiger partial charge is 0.395 e. The Kier molecular flexibility index (Phi) is 5.54. The fraction of sp³-hybridized carbons (Fsp3) is 0.417. The Bertz CT molecular complexity index is 406. The molecule has 0 aliphatic rings. The molecule has 0 saturated carbocycles. The highest BCUT2D eigenvalue weighted by atomic mass is 19.1. The first kappa shape index (κ1) is 14.4. The maximum absolute atomic E-state index is 13.0. The van der Waals surface area contributed by atoms with Crippen molar-refractivity contribution in [3.8, 4) is 0 Å². The van der Waals surface area contributed by atoms with Gasteiger partial charge in [-0.05, 0) is 30.7 Å². The molecule has 0 aromatic heterocycles. The van der Waals surface area contributed by atoms with Crippen LogP contribution in [0.1, 0.15) is 5.56 Å². The lowest BCUT2D eigenvalue weighted by Crippen LogP contribution is -2.38. The van der Waals surface area contributed by atoms with Crippen LogP contribution < -0.4 is 5.32 Å². The van der Waals surface area contributed by atoms with Crippen molar-refractivity contribution in [3.63, 3.8) is 0 Å². The Labute approximate surface area is 105 Å². The molecule has 0 atom stereocenters. The topological polar surface area (TPSA) is 72.8 Å². The molecule has 18 heavy (non-hydrogen) atoms. The van der Waals surface area contributed by atoms with Gasteiger partial charge in [-0.2, -0.15) is 0 Å². The second kappa shape index (κ2) is 6.93. The summed E-state index contributed by atoms with van der Waals surface area (Å²) in [5.41, 5.74) is 0.906. The summed E-state index contributed by atoms with van der Waals surface area (Å²) in [4.78, 5) is 13.1. The minimum absolute atomic E-state index is 0.132. The van der Waals surface area contributed by atoms with Crippen LogP contribution in [0.2, 0.25) is 0 Å². The van der Waals surface area contributed by atoms with Crippen LogP contribution >= 0.6 is 0 Å². The summed E-state index contributed by atoms with van der Waals surface area (Å²) in [5, 5.41) is 20.2. The molecule has 0 saturated heterocycles. The van der Waals surface area contributed by atoms with Crippen LogP contribution in [-0.4, -0.2) is 47.4 Å². The smallest absolute Gasteiger partial charge is 0.321 e. The zero-order chi connectivity index (χ0) is 13.5. The number of hydrogen-bond donors (Lipinski definition) is 3. The molecule has 0 unspecified atom stereocenters. The normalized spacial score (nSPS) is 10.2. The number of aliphatic hydroxyl groups is 2. The van der Waals surface area contributed by atoms with Gasteiger partial charge >= 0.3 is 6.03 Å². The summed E-state index contributed by atoms with van der Waals surface area (Å²) in [6.45, 7) is 1.50. The number of aliphatic hydroxyl groups excluding tert-OH is 2. The van der Waals surface area contributed by atoms with E-state index in [-0.39, 0.29) is 32.1 Å². The maximum atomic E-state index is 13.0. The first-order valence-electron chi connectivity index (χ1n) is 5.62. The van der Waals surface area contributed by atoms with Gasteiger partial charge in [0.15, 0.2) is 0 Å². The van der Waals surface area contributed by atoms with Gasteiger partial charge in [-0.3, -0.25) is 0 Å². The number of anilines is 1. The number of benzene rings is 1. The molecule has 5 nitrogen and oxygen atoms in total. The number of aryl methyl sites for hydroxylation is 1. The molecule has 0 bridgehead atoms. The van der Waals surface area contributed by atoms with Crippen LogP contribution in [-0.2, 0) is 0 Å². The van der Waals surface area contributed by atoms with E-state index >= 15 is 0 Å². The van der Waals surface area contributed by atoms with Gasteiger partial charge in [0, 0.05) is 18.8 Å². The van der Waals surface area contributed by atoms with Crippen LogP contribution in [0, 0.1) is 12.7 Å². The summed E-state index contributed by atoms with van der Waals surface area (Å²) < 4.78 is 13.0. The van der Waals surface area contributed by atoms with Crippen molar-refractivity contribution in [3.05, 3.63) is 29.6 Å². The number of carbonyl (C=O) groups excluding carboxylic acids is 1. The first-order chi connectivity index (χ1) is 8.58. The van der Waals surface area contributed by atoms with E-state index in [1.165, 1.54) is 23.1 Å². The maximum Gasteiger partial charge on any atom is 0.321 e. The lowest BCUT2D eigenvalue weighted by atomic mass is 10.2. The van der Waals surface area contributed by atoms with Crippen LogP contribution in [0.5, 0.6) is 0 Å². The molecule has 1 aromatic rings. The van der Waals surface area contributed by atoms with E-state index < -0.39 is 6.03 Å². The summed E-state index contributed by atoms with van der Waals surface area (Å²) in [6.07, 6.45) is 0. The van der Waals surface area contributed by atoms with Crippen LogP contribution in [0.25, 0.3) is 0 Å². The molecule has 2 amide bonds. The summed E-state index contributed by atoms with van der Waals surface area (Å²) in [6, 6.07) is 3.80. The SMILES string of the molecule is Cc1cc(NC(=O)N(CCO)CCO)ccc1F. The Morgan fingerprint density at radius 3 is 2.44 bits per heavy atom. The molecule has 0 spiro atoms. The predicted octanol–water partition coefficient (Wildman–Crippen LogP) is 0.953. The number of halogens is 1. The highest BCUT2D eigenvalue weighted by molar-refractivity contribution is 5.89. The third-order valence-corrected chi connectivity index (χ3v) is 2.44. The Hall–Kier alpha value is -1.66. The second-order valence-electron chi connectivity index (χ2n) is 3.83. The van der Waals surface area contributed by atoms with Crippen molar-refractivity contribution in [1.29, 1.82) is 0 Å².